The predicted octanol–water partition coefficient (Wildman–Crippen LogP) is 4.38. The first kappa shape index (κ1) is 15.4. The van der Waals surface area contributed by atoms with Crippen LogP contribution in [0.2, 0.25) is 10.0 Å². The Bertz CT molecular complexity index is 876. The van der Waals surface area contributed by atoms with E-state index in [9.17, 15) is 0 Å². The van der Waals surface area contributed by atoms with Crippen LogP contribution in [0.25, 0.3) is 17.1 Å². The van der Waals surface area contributed by atoms with Crippen molar-refractivity contribution in [2.24, 2.45) is 0 Å². The topological polar surface area (TPSA) is 55.6 Å². The monoisotopic (exact) mass is 359 g/mol. The summed E-state index contributed by atoms with van der Waals surface area (Å²) < 4.78 is 1.88. The lowest BCUT2D eigenvalue weighted by molar-refractivity contribution is 0.779. The molecule has 122 valence electrons. The molecule has 0 spiro atoms. The number of benzene rings is 1. The van der Waals surface area contributed by atoms with Crippen LogP contribution in [-0.2, 0) is 6.42 Å². The van der Waals surface area contributed by atoms with Crippen LogP contribution in [0.1, 0.15) is 18.4 Å². The van der Waals surface area contributed by atoms with E-state index in [1.165, 1.54) is 5.56 Å². The maximum Gasteiger partial charge on any atom is 0.133 e. The lowest BCUT2D eigenvalue weighted by Gasteiger charge is -2.10. The third kappa shape index (κ3) is 2.74. The number of rotatable bonds is 2. The van der Waals surface area contributed by atoms with Crippen molar-refractivity contribution in [3.63, 3.8) is 0 Å². The minimum absolute atomic E-state index is 0.507. The minimum Gasteiger partial charge on any atom is -0.370 e. The molecule has 24 heavy (non-hydrogen) atoms. The zero-order chi connectivity index (χ0) is 16.5. The molecule has 2 aromatic heterocycles. The molecule has 0 unspecified atom stereocenters. The Balaban J connectivity index is 1.91. The Hall–Kier alpha value is -2.11. The van der Waals surface area contributed by atoms with Gasteiger partial charge in [-0.25, -0.2) is 4.68 Å². The smallest absolute Gasteiger partial charge is 0.133 e. The highest BCUT2D eigenvalue weighted by atomic mass is 35.5. The molecule has 1 N–H and O–H groups in total. The molecule has 0 saturated carbocycles. The fourth-order valence-corrected chi connectivity index (χ4v) is 3.23. The Morgan fingerprint density at radius 3 is 2.79 bits per heavy atom. The summed E-state index contributed by atoms with van der Waals surface area (Å²) in [5.41, 5.74) is 3.67. The number of anilines is 1. The van der Waals surface area contributed by atoms with Crippen molar-refractivity contribution < 1.29 is 0 Å². The highest BCUT2D eigenvalue weighted by molar-refractivity contribution is 6.42. The molecule has 0 aliphatic carbocycles. The largest absolute Gasteiger partial charge is 0.370 e. The molecule has 7 heteroatoms. The van der Waals surface area contributed by atoms with Crippen molar-refractivity contribution in [3.8, 4) is 17.1 Å². The van der Waals surface area contributed by atoms with Gasteiger partial charge in [-0.3, -0.25) is 9.97 Å². The Morgan fingerprint density at radius 1 is 1.08 bits per heavy atom. The number of fused-ring (bicyclic) bond motifs is 1. The summed E-state index contributed by atoms with van der Waals surface area (Å²) >= 11 is 12.2. The molecular formula is C17H15Cl2N5. The highest BCUT2D eigenvalue weighted by Gasteiger charge is 2.22. The number of halogens is 2. The fourth-order valence-electron chi connectivity index (χ4n) is 2.93. The van der Waals surface area contributed by atoms with Gasteiger partial charge in [0.05, 0.1) is 21.9 Å². The summed E-state index contributed by atoms with van der Waals surface area (Å²) in [5.74, 6) is 0.992. The SMILES string of the molecule is Clc1ccc(-n2nc(-c3cnccn3)c3c2NCCCC3)cc1Cl. The van der Waals surface area contributed by atoms with E-state index in [2.05, 4.69) is 15.3 Å². The minimum atomic E-state index is 0.507. The summed E-state index contributed by atoms with van der Waals surface area (Å²) in [6.45, 7) is 0.917. The maximum absolute atomic E-state index is 6.19. The second-order valence-electron chi connectivity index (χ2n) is 5.66. The predicted molar refractivity (Wildman–Crippen MR) is 96.0 cm³/mol. The van der Waals surface area contributed by atoms with Crippen molar-refractivity contribution in [2.75, 3.05) is 11.9 Å². The molecule has 0 atom stereocenters. The molecule has 3 aromatic rings. The van der Waals surface area contributed by atoms with Gasteiger partial charge in [0.2, 0.25) is 0 Å². The molecule has 0 saturated heterocycles. The first-order valence-electron chi connectivity index (χ1n) is 7.81. The van der Waals surface area contributed by atoms with E-state index < -0.39 is 0 Å². The van der Waals surface area contributed by atoms with E-state index in [4.69, 9.17) is 28.3 Å². The van der Waals surface area contributed by atoms with Crippen LogP contribution >= 0.6 is 23.2 Å². The highest BCUT2D eigenvalue weighted by Crippen LogP contribution is 2.34. The summed E-state index contributed by atoms with van der Waals surface area (Å²) in [6, 6.07) is 5.52. The van der Waals surface area contributed by atoms with Crippen molar-refractivity contribution in [2.45, 2.75) is 19.3 Å². The van der Waals surface area contributed by atoms with E-state index in [1.54, 1.807) is 24.7 Å². The molecule has 0 bridgehead atoms. The van der Waals surface area contributed by atoms with Gasteiger partial charge < -0.3 is 5.32 Å². The molecule has 4 rings (SSSR count). The summed E-state index contributed by atoms with van der Waals surface area (Å²) in [6.07, 6.45) is 8.28. The van der Waals surface area contributed by atoms with Crippen molar-refractivity contribution >= 4 is 29.0 Å². The molecule has 0 radical (unpaired) electrons. The zero-order valence-corrected chi connectivity index (χ0v) is 14.3. The summed E-state index contributed by atoms with van der Waals surface area (Å²) in [5, 5.41) is 9.32. The van der Waals surface area contributed by atoms with Crippen molar-refractivity contribution in [1.29, 1.82) is 0 Å². The molecule has 1 aliphatic rings. The van der Waals surface area contributed by atoms with E-state index >= 15 is 0 Å². The number of nitrogens with one attached hydrogen (secondary N) is 1. The van der Waals surface area contributed by atoms with E-state index in [0.717, 1.165) is 48.7 Å². The first-order valence-corrected chi connectivity index (χ1v) is 8.57. The van der Waals surface area contributed by atoms with Crippen molar-refractivity contribution in [1.82, 2.24) is 19.7 Å². The van der Waals surface area contributed by atoms with Gasteiger partial charge in [-0.2, -0.15) is 5.10 Å². The van der Waals surface area contributed by atoms with Gasteiger partial charge in [0.25, 0.3) is 0 Å². The maximum atomic E-state index is 6.19. The van der Waals surface area contributed by atoms with E-state index in [-0.39, 0.29) is 0 Å². The fraction of sp³-hybridized carbons (Fsp3) is 0.235. The number of aromatic nitrogens is 4. The Kier molecular flexibility index (Phi) is 4.12. The Morgan fingerprint density at radius 2 is 2.00 bits per heavy atom. The van der Waals surface area contributed by atoms with Gasteiger partial charge in [-0.1, -0.05) is 23.2 Å². The molecule has 0 amide bonds. The number of nitrogens with zero attached hydrogens (tertiary/aromatic N) is 4. The third-order valence-corrected chi connectivity index (χ3v) is 4.82. The molecule has 1 aromatic carbocycles. The van der Waals surface area contributed by atoms with Gasteiger partial charge in [0.15, 0.2) is 0 Å². The molecule has 0 fully saturated rings. The average molecular weight is 360 g/mol. The normalized spacial score (nSPS) is 13.9. The average Bonchev–Trinajstić information content (AvgIpc) is 2.80. The van der Waals surface area contributed by atoms with Crippen LogP contribution in [0.15, 0.2) is 36.8 Å². The number of hydrogen-bond acceptors (Lipinski definition) is 4. The van der Waals surface area contributed by atoms with Gasteiger partial charge in [-0.05, 0) is 37.5 Å². The van der Waals surface area contributed by atoms with Crippen molar-refractivity contribution in [3.05, 3.63) is 52.4 Å². The van der Waals surface area contributed by atoms with Gasteiger partial charge in [0.1, 0.15) is 17.2 Å². The first-order chi connectivity index (χ1) is 11.7. The second kappa shape index (κ2) is 6.42. The second-order valence-corrected chi connectivity index (χ2v) is 6.47. The van der Waals surface area contributed by atoms with Gasteiger partial charge in [0, 0.05) is 24.5 Å². The van der Waals surface area contributed by atoms with E-state index in [0.29, 0.717) is 10.0 Å². The molecule has 1 aliphatic heterocycles. The summed E-state index contributed by atoms with van der Waals surface area (Å²) in [4.78, 5) is 8.58. The third-order valence-electron chi connectivity index (χ3n) is 4.08. The van der Waals surface area contributed by atoms with Crippen LogP contribution in [0.3, 0.4) is 0 Å². The molecule has 5 nitrogen and oxygen atoms in total. The lowest BCUT2D eigenvalue weighted by Crippen LogP contribution is -2.07. The van der Waals surface area contributed by atoms with Gasteiger partial charge in [-0.15, -0.1) is 0 Å². The number of hydrogen-bond donors (Lipinski definition) is 1. The Labute approximate surface area is 149 Å². The van der Waals surface area contributed by atoms with Gasteiger partial charge >= 0.3 is 0 Å². The van der Waals surface area contributed by atoms with Crippen LogP contribution in [0.4, 0.5) is 5.82 Å². The van der Waals surface area contributed by atoms with E-state index in [1.807, 2.05) is 16.8 Å². The lowest BCUT2D eigenvalue weighted by atomic mass is 10.1. The van der Waals surface area contributed by atoms with Crippen LogP contribution < -0.4 is 5.32 Å². The quantitative estimate of drug-likeness (QED) is 0.737. The standard InChI is InChI=1S/C17H15Cl2N5/c18-13-5-4-11(9-14(13)19)24-17-12(3-1-2-6-22-17)16(23-24)15-10-20-7-8-21-15/h4-5,7-10,22H,1-3,6H2. The molecule has 3 heterocycles. The van der Waals surface area contributed by atoms with Crippen LogP contribution in [-0.4, -0.2) is 26.3 Å². The van der Waals surface area contributed by atoms with Crippen LogP contribution in [0.5, 0.6) is 0 Å². The van der Waals surface area contributed by atoms with Crippen LogP contribution in [0, 0.1) is 0 Å². The summed E-state index contributed by atoms with van der Waals surface area (Å²) in [7, 11) is 0. The molecular weight excluding hydrogens is 345 g/mol. The zero-order valence-electron chi connectivity index (χ0n) is 12.8.